The number of benzene rings is 2. The van der Waals surface area contributed by atoms with Crippen molar-refractivity contribution in [3.8, 4) is 0 Å². The maximum Gasteiger partial charge on any atom is 0.325 e. The summed E-state index contributed by atoms with van der Waals surface area (Å²) in [5.74, 6) is -0.422. The minimum atomic E-state index is -1.19. The Labute approximate surface area is 157 Å². The van der Waals surface area contributed by atoms with E-state index in [9.17, 15) is 19.7 Å². The van der Waals surface area contributed by atoms with Crippen LogP contribution in [0, 0.1) is 10.1 Å². The van der Waals surface area contributed by atoms with Crippen LogP contribution in [0.5, 0.6) is 0 Å². The minimum absolute atomic E-state index is 0.115. The largest absolute Gasteiger partial charge is 0.325 e. The van der Waals surface area contributed by atoms with E-state index in [2.05, 4.69) is 12.2 Å². The van der Waals surface area contributed by atoms with Gasteiger partial charge in [-0.15, -0.1) is 0 Å². The molecule has 140 valence electrons. The second kappa shape index (κ2) is 7.19. The van der Waals surface area contributed by atoms with Crippen LogP contribution in [0.3, 0.4) is 0 Å². The van der Waals surface area contributed by atoms with Crippen molar-refractivity contribution in [2.75, 3.05) is 0 Å². The summed E-state index contributed by atoms with van der Waals surface area (Å²) in [5, 5.41) is 13.9. The molecule has 3 amide bonds. The number of carbonyl (C=O) groups excluding carboxylic acids is 2. The van der Waals surface area contributed by atoms with Crippen molar-refractivity contribution in [3.05, 3.63) is 75.3 Å². The summed E-state index contributed by atoms with van der Waals surface area (Å²) in [7, 11) is 0. The van der Waals surface area contributed by atoms with Crippen LogP contribution in [0.1, 0.15) is 37.0 Å². The predicted molar refractivity (Wildman–Crippen MR) is 100.0 cm³/mol. The van der Waals surface area contributed by atoms with Crippen molar-refractivity contribution >= 4 is 17.6 Å². The lowest BCUT2D eigenvalue weighted by atomic mass is 9.91. The van der Waals surface area contributed by atoms with Crippen LogP contribution in [-0.4, -0.2) is 21.8 Å². The van der Waals surface area contributed by atoms with Crippen LogP contribution in [0.25, 0.3) is 0 Å². The van der Waals surface area contributed by atoms with Gasteiger partial charge in [0.05, 0.1) is 11.5 Å². The smallest absolute Gasteiger partial charge is 0.319 e. The molecule has 1 atom stereocenters. The van der Waals surface area contributed by atoms with Crippen molar-refractivity contribution in [3.63, 3.8) is 0 Å². The monoisotopic (exact) mass is 367 g/mol. The molecule has 0 aliphatic carbocycles. The molecular weight excluding hydrogens is 346 g/mol. The van der Waals surface area contributed by atoms with Gasteiger partial charge in [-0.2, -0.15) is 0 Å². The number of para-hydroxylation sites is 1. The van der Waals surface area contributed by atoms with E-state index in [1.54, 1.807) is 25.1 Å². The van der Waals surface area contributed by atoms with Gasteiger partial charge >= 0.3 is 6.03 Å². The van der Waals surface area contributed by atoms with E-state index in [1.165, 1.54) is 11.6 Å². The topological polar surface area (TPSA) is 92.6 Å². The zero-order valence-electron chi connectivity index (χ0n) is 15.3. The molecule has 1 fully saturated rings. The van der Waals surface area contributed by atoms with Gasteiger partial charge in [0.2, 0.25) is 0 Å². The molecule has 27 heavy (non-hydrogen) atoms. The molecule has 3 rings (SSSR count). The Hall–Kier alpha value is -3.22. The normalized spacial score (nSPS) is 19.3. The third-order valence-electron chi connectivity index (χ3n) is 4.86. The molecule has 0 aromatic heterocycles. The van der Waals surface area contributed by atoms with Gasteiger partial charge in [-0.1, -0.05) is 55.8 Å². The SMILES string of the molecule is CCCc1ccc(C2(C)NC(=O)N(Cc3ccccc3[N+](=O)[O-])C2=O)cc1. The molecule has 0 bridgehead atoms. The summed E-state index contributed by atoms with van der Waals surface area (Å²) >= 11 is 0. The zero-order valence-corrected chi connectivity index (χ0v) is 15.3. The molecule has 0 radical (unpaired) electrons. The first-order chi connectivity index (χ1) is 12.9. The molecule has 1 unspecified atom stereocenters. The first kappa shape index (κ1) is 18.6. The van der Waals surface area contributed by atoms with Crippen molar-refractivity contribution in [2.45, 2.75) is 38.8 Å². The first-order valence-electron chi connectivity index (χ1n) is 8.82. The number of hydrogen-bond donors (Lipinski definition) is 1. The molecule has 1 aliphatic rings. The lowest BCUT2D eigenvalue weighted by Gasteiger charge is -2.22. The molecule has 1 saturated heterocycles. The maximum atomic E-state index is 13.0. The first-order valence-corrected chi connectivity index (χ1v) is 8.82. The van der Waals surface area contributed by atoms with Crippen LogP contribution < -0.4 is 5.32 Å². The van der Waals surface area contributed by atoms with Gasteiger partial charge < -0.3 is 5.32 Å². The highest BCUT2D eigenvalue weighted by atomic mass is 16.6. The average Bonchev–Trinajstić information content (AvgIpc) is 2.87. The van der Waals surface area contributed by atoms with Crippen molar-refractivity contribution in [2.24, 2.45) is 0 Å². The summed E-state index contributed by atoms with van der Waals surface area (Å²) in [6, 6.07) is 13.1. The fourth-order valence-electron chi connectivity index (χ4n) is 3.32. The molecule has 0 spiro atoms. The molecule has 2 aromatic rings. The van der Waals surface area contributed by atoms with E-state index in [0.717, 1.165) is 17.7 Å². The third-order valence-corrected chi connectivity index (χ3v) is 4.86. The summed E-state index contributed by atoms with van der Waals surface area (Å²) in [6.07, 6.45) is 1.97. The van der Waals surface area contributed by atoms with E-state index < -0.39 is 22.4 Å². The van der Waals surface area contributed by atoms with Crippen LogP contribution in [0.4, 0.5) is 10.5 Å². The number of aryl methyl sites for hydroxylation is 1. The van der Waals surface area contributed by atoms with E-state index in [1.807, 2.05) is 24.3 Å². The molecule has 2 aromatic carbocycles. The van der Waals surface area contributed by atoms with Gasteiger partial charge in [0.25, 0.3) is 11.6 Å². The number of carbonyl (C=O) groups is 2. The number of urea groups is 1. The van der Waals surface area contributed by atoms with Crippen LogP contribution in [0.2, 0.25) is 0 Å². The maximum absolute atomic E-state index is 13.0. The van der Waals surface area contributed by atoms with Gasteiger partial charge in [-0.3, -0.25) is 19.8 Å². The molecule has 1 N–H and O–H groups in total. The molecule has 1 heterocycles. The molecule has 0 saturated carbocycles. The van der Waals surface area contributed by atoms with Crippen molar-refractivity contribution in [1.82, 2.24) is 10.2 Å². The highest BCUT2D eigenvalue weighted by Gasteiger charge is 2.49. The van der Waals surface area contributed by atoms with E-state index in [0.29, 0.717) is 11.1 Å². The average molecular weight is 367 g/mol. The summed E-state index contributed by atoms with van der Waals surface area (Å²) in [5.41, 5.74) is 0.860. The lowest BCUT2D eigenvalue weighted by molar-refractivity contribution is -0.385. The Morgan fingerprint density at radius 3 is 2.41 bits per heavy atom. The number of amides is 3. The van der Waals surface area contributed by atoms with Crippen molar-refractivity contribution in [1.29, 1.82) is 0 Å². The van der Waals surface area contributed by atoms with Gasteiger partial charge in [0, 0.05) is 11.6 Å². The van der Waals surface area contributed by atoms with Gasteiger partial charge in [-0.05, 0) is 24.5 Å². The second-order valence-electron chi connectivity index (χ2n) is 6.78. The van der Waals surface area contributed by atoms with E-state index >= 15 is 0 Å². The molecule has 1 aliphatic heterocycles. The predicted octanol–water partition coefficient (Wildman–Crippen LogP) is 3.51. The number of imide groups is 1. The Morgan fingerprint density at radius 2 is 1.78 bits per heavy atom. The second-order valence-corrected chi connectivity index (χ2v) is 6.78. The summed E-state index contributed by atoms with van der Waals surface area (Å²) < 4.78 is 0. The number of nitro groups is 1. The number of nitro benzene ring substituents is 1. The fraction of sp³-hybridized carbons (Fsp3) is 0.300. The summed E-state index contributed by atoms with van der Waals surface area (Å²) in [6.45, 7) is 3.60. The summed E-state index contributed by atoms with van der Waals surface area (Å²) in [4.78, 5) is 37.2. The Bertz CT molecular complexity index is 894. The number of rotatable bonds is 6. The number of nitrogens with one attached hydrogen (secondary N) is 1. The Morgan fingerprint density at radius 1 is 1.11 bits per heavy atom. The van der Waals surface area contributed by atoms with Gasteiger partial charge in [-0.25, -0.2) is 4.79 Å². The van der Waals surface area contributed by atoms with E-state index in [4.69, 9.17) is 0 Å². The third kappa shape index (κ3) is 3.40. The lowest BCUT2D eigenvalue weighted by Crippen LogP contribution is -2.40. The number of hydrogen-bond acceptors (Lipinski definition) is 4. The van der Waals surface area contributed by atoms with Crippen LogP contribution in [-0.2, 0) is 23.3 Å². The quantitative estimate of drug-likeness (QED) is 0.480. The zero-order chi connectivity index (χ0) is 19.6. The molecule has 7 heteroatoms. The van der Waals surface area contributed by atoms with Crippen LogP contribution >= 0.6 is 0 Å². The Kier molecular flexibility index (Phi) is 4.94. The van der Waals surface area contributed by atoms with Crippen molar-refractivity contribution < 1.29 is 14.5 Å². The standard InChI is InChI=1S/C20H21N3O4/c1-3-6-14-9-11-16(12-10-14)20(2)18(24)22(19(25)21-20)13-15-7-4-5-8-17(15)23(26)27/h4-5,7-12H,3,6,13H2,1-2H3,(H,21,25). The highest BCUT2D eigenvalue weighted by molar-refractivity contribution is 6.07. The van der Waals surface area contributed by atoms with Gasteiger partial charge in [0.1, 0.15) is 5.54 Å². The minimum Gasteiger partial charge on any atom is -0.319 e. The fourth-order valence-corrected chi connectivity index (χ4v) is 3.32. The number of nitrogens with zero attached hydrogens (tertiary/aromatic N) is 2. The van der Waals surface area contributed by atoms with Gasteiger partial charge in [0.15, 0.2) is 0 Å². The van der Waals surface area contributed by atoms with E-state index in [-0.39, 0.29) is 12.2 Å². The molecular formula is C20H21N3O4. The Balaban J connectivity index is 1.87. The molecule has 7 nitrogen and oxygen atoms in total. The van der Waals surface area contributed by atoms with Crippen LogP contribution in [0.15, 0.2) is 48.5 Å². The highest BCUT2D eigenvalue weighted by Crippen LogP contribution is 2.31.